The molecule has 1 fully saturated rings. The quantitative estimate of drug-likeness (QED) is 0.708. The summed E-state index contributed by atoms with van der Waals surface area (Å²) in [7, 11) is 0. The Labute approximate surface area is 104 Å². The van der Waals surface area contributed by atoms with Crippen molar-refractivity contribution in [2.45, 2.75) is 13.0 Å². The van der Waals surface area contributed by atoms with Gasteiger partial charge in [-0.2, -0.15) is 0 Å². The third-order valence-corrected chi connectivity index (χ3v) is 2.98. The average Bonchev–Trinajstić information content (AvgIpc) is 2.35. The van der Waals surface area contributed by atoms with Crippen LogP contribution < -0.4 is 11.1 Å². The summed E-state index contributed by atoms with van der Waals surface area (Å²) in [4.78, 5) is 25.0. The van der Waals surface area contributed by atoms with Gasteiger partial charge in [0.15, 0.2) is 0 Å². The number of hydrogen-bond donors (Lipinski definition) is 2. The smallest absolute Gasteiger partial charge is 0.257 e. The van der Waals surface area contributed by atoms with Crippen molar-refractivity contribution in [2.75, 3.05) is 18.8 Å². The monoisotopic (exact) mass is 251 g/mol. The van der Waals surface area contributed by atoms with Crippen LogP contribution in [0.3, 0.4) is 0 Å². The van der Waals surface area contributed by atoms with Crippen molar-refractivity contribution in [1.82, 2.24) is 10.2 Å². The number of nitrogen functional groups attached to an aromatic ring is 1. The lowest BCUT2D eigenvalue weighted by atomic mass is 10.1. The van der Waals surface area contributed by atoms with E-state index in [9.17, 15) is 14.0 Å². The van der Waals surface area contributed by atoms with Crippen molar-refractivity contribution in [2.24, 2.45) is 0 Å². The summed E-state index contributed by atoms with van der Waals surface area (Å²) in [6.07, 6.45) is 0. The zero-order valence-electron chi connectivity index (χ0n) is 9.94. The standard InChI is InChI=1S/C12H14FN3O2/c1-7-11(17)15-4-5-16(7)12(18)9-6-8(14)2-3-10(9)13/h2-3,6-7H,4-5,14H2,1H3,(H,15,17). The van der Waals surface area contributed by atoms with E-state index in [2.05, 4.69) is 5.32 Å². The maximum atomic E-state index is 13.6. The highest BCUT2D eigenvalue weighted by Gasteiger charge is 2.31. The van der Waals surface area contributed by atoms with Gasteiger partial charge in [0, 0.05) is 18.8 Å². The molecule has 1 aromatic rings. The third-order valence-electron chi connectivity index (χ3n) is 2.98. The molecule has 2 rings (SSSR count). The molecule has 1 saturated heterocycles. The predicted octanol–water partition coefficient (Wildman–Crippen LogP) is 0.368. The number of anilines is 1. The zero-order chi connectivity index (χ0) is 13.3. The summed E-state index contributed by atoms with van der Waals surface area (Å²) in [5.74, 6) is -1.38. The van der Waals surface area contributed by atoms with Gasteiger partial charge in [-0.1, -0.05) is 0 Å². The van der Waals surface area contributed by atoms with E-state index < -0.39 is 17.8 Å². The average molecular weight is 251 g/mol. The molecule has 1 aromatic carbocycles. The normalized spacial score (nSPS) is 19.6. The van der Waals surface area contributed by atoms with E-state index in [0.29, 0.717) is 18.8 Å². The lowest BCUT2D eigenvalue weighted by Crippen LogP contribution is -2.55. The largest absolute Gasteiger partial charge is 0.399 e. The maximum Gasteiger partial charge on any atom is 0.257 e. The fourth-order valence-corrected chi connectivity index (χ4v) is 1.92. The Kier molecular flexibility index (Phi) is 3.18. The molecule has 0 radical (unpaired) electrons. The van der Waals surface area contributed by atoms with Crippen molar-refractivity contribution in [1.29, 1.82) is 0 Å². The lowest BCUT2D eigenvalue weighted by Gasteiger charge is -2.32. The van der Waals surface area contributed by atoms with Gasteiger partial charge in [0.1, 0.15) is 11.9 Å². The van der Waals surface area contributed by atoms with Gasteiger partial charge in [-0.25, -0.2) is 4.39 Å². The molecule has 1 atom stereocenters. The topological polar surface area (TPSA) is 75.4 Å². The van der Waals surface area contributed by atoms with Crippen LogP contribution in [0.15, 0.2) is 18.2 Å². The van der Waals surface area contributed by atoms with Gasteiger partial charge < -0.3 is 16.0 Å². The van der Waals surface area contributed by atoms with Gasteiger partial charge in [0.05, 0.1) is 5.56 Å². The first-order valence-corrected chi connectivity index (χ1v) is 5.64. The first kappa shape index (κ1) is 12.3. The number of carbonyl (C=O) groups excluding carboxylic acids is 2. The Morgan fingerprint density at radius 1 is 1.56 bits per heavy atom. The van der Waals surface area contributed by atoms with E-state index in [1.54, 1.807) is 6.92 Å². The Morgan fingerprint density at radius 2 is 2.28 bits per heavy atom. The van der Waals surface area contributed by atoms with Crippen LogP contribution in [-0.4, -0.2) is 35.8 Å². The third kappa shape index (κ3) is 2.13. The highest BCUT2D eigenvalue weighted by Crippen LogP contribution is 2.17. The summed E-state index contributed by atoms with van der Waals surface area (Å²) in [6.45, 7) is 2.34. The molecule has 0 bridgehead atoms. The second-order valence-electron chi connectivity index (χ2n) is 4.20. The summed E-state index contributed by atoms with van der Waals surface area (Å²) in [6, 6.07) is 3.22. The van der Waals surface area contributed by atoms with Crippen LogP contribution >= 0.6 is 0 Å². The van der Waals surface area contributed by atoms with Crippen LogP contribution in [-0.2, 0) is 4.79 Å². The number of hydrogen-bond acceptors (Lipinski definition) is 3. The number of rotatable bonds is 1. The van der Waals surface area contributed by atoms with E-state index in [1.165, 1.54) is 17.0 Å². The van der Waals surface area contributed by atoms with Crippen molar-refractivity contribution in [3.8, 4) is 0 Å². The van der Waals surface area contributed by atoms with Crippen LogP contribution in [0.25, 0.3) is 0 Å². The highest BCUT2D eigenvalue weighted by atomic mass is 19.1. The minimum Gasteiger partial charge on any atom is -0.399 e. The molecular formula is C12H14FN3O2. The van der Waals surface area contributed by atoms with Gasteiger partial charge in [-0.15, -0.1) is 0 Å². The predicted molar refractivity (Wildman–Crippen MR) is 64.3 cm³/mol. The molecule has 0 aromatic heterocycles. The fraction of sp³-hybridized carbons (Fsp3) is 0.333. The zero-order valence-corrected chi connectivity index (χ0v) is 9.94. The molecule has 96 valence electrons. The van der Waals surface area contributed by atoms with Crippen molar-refractivity contribution in [3.05, 3.63) is 29.6 Å². The minimum absolute atomic E-state index is 0.100. The second kappa shape index (κ2) is 4.64. The molecule has 0 saturated carbocycles. The second-order valence-corrected chi connectivity index (χ2v) is 4.20. The van der Waals surface area contributed by atoms with Gasteiger partial charge >= 0.3 is 0 Å². The molecule has 0 spiro atoms. The molecule has 1 aliphatic heterocycles. The van der Waals surface area contributed by atoms with Crippen LogP contribution in [0.2, 0.25) is 0 Å². The Morgan fingerprint density at radius 3 is 3.00 bits per heavy atom. The van der Waals surface area contributed by atoms with Crippen LogP contribution in [0.5, 0.6) is 0 Å². The number of benzene rings is 1. The SMILES string of the molecule is CC1C(=O)NCCN1C(=O)c1cc(N)ccc1F. The van der Waals surface area contributed by atoms with Crippen molar-refractivity contribution in [3.63, 3.8) is 0 Å². The van der Waals surface area contributed by atoms with Crippen LogP contribution in [0.4, 0.5) is 10.1 Å². The van der Waals surface area contributed by atoms with Gasteiger partial charge in [0.25, 0.3) is 5.91 Å². The molecule has 18 heavy (non-hydrogen) atoms. The van der Waals surface area contributed by atoms with E-state index in [-0.39, 0.29) is 11.5 Å². The summed E-state index contributed by atoms with van der Waals surface area (Å²) in [5, 5.41) is 2.64. The molecule has 1 unspecified atom stereocenters. The van der Waals surface area contributed by atoms with E-state index in [0.717, 1.165) is 6.07 Å². The number of carbonyl (C=O) groups is 2. The van der Waals surface area contributed by atoms with Gasteiger partial charge in [-0.3, -0.25) is 9.59 Å². The maximum absolute atomic E-state index is 13.6. The molecule has 1 aliphatic rings. The van der Waals surface area contributed by atoms with Crippen molar-refractivity contribution >= 4 is 17.5 Å². The Bertz CT molecular complexity index is 504. The van der Waals surface area contributed by atoms with Crippen LogP contribution in [0, 0.1) is 5.82 Å². The first-order chi connectivity index (χ1) is 8.50. The number of amides is 2. The highest BCUT2D eigenvalue weighted by molar-refractivity contribution is 5.98. The number of nitrogens with two attached hydrogens (primary N) is 1. The fourth-order valence-electron chi connectivity index (χ4n) is 1.92. The van der Waals surface area contributed by atoms with Gasteiger partial charge in [-0.05, 0) is 25.1 Å². The molecule has 0 aliphatic carbocycles. The van der Waals surface area contributed by atoms with E-state index in [1.807, 2.05) is 0 Å². The number of nitrogens with one attached hydrogen (secondary N) is 1. The Hall–Kier alpha value is -2.11. The lowest BCUT2D eigenvalue weighted by molar-refractivity contribution is -0.127. The molecule has 3 N–H and O–H groups in total. The van der Waals surface area contributed by atoms with E-state index >= 15 is 0 Å². The molecule has 1 heterocycles. The number of nitrogens with zero attached hydrogens (tertiary/aromatic N) is 1. The van der Waals surface area contributed by atoms with Gasteiger partial charge in [0.2, 0.25) is 5.91 Å². The minimum atomic E-state index is -0.632. The molecular weight excluding hydrogens is 237 g/mol. The van der Waals surface area contributed by atoms with Crippen LogP contribution in [0.1, 0.15) is 17.3 Å². The summed E-state index contributed by atoms with van der Waals surface area (Å²) < 4.78 is 13.6. The molecule has 2 amide bonds. The Balaban J connectivity index is 2.30. The first-order valence-electron chi connectivity index (χ1n) is 5.64. The van der Waals surface area contributed by atoms with Crippen molar-refractivity contribution < 1.29 is 14.0 Å². The van der Waals surface area contributed by atoms with E-state index in [4.69, 9.17) is 5.73 Å². The molecule has 5 nitrogen and oxygen atoms in total. The summed E-state index contributed by atoms with van der Waals surface area (Å²) in [5.41, 5.74) is 5.75. The molecule has 6 heteroatoms. The number of piperazine rings is 1. The summed E-state index contributed by atoms with van der Waals surface area (Å²) >= 11 is 0. The number of halogens is 1.